The average Bonchev–Trinajstić information content (AvgIpc) is 2.99. The zero-order valence-corrected chi connectivity index (χ0v) is 12.7. The molecule has 0 bridgehead atoms. The van der Waals surface area contributed by atoms with Gasteiger partial charge in [0.1, 0.15) is 6.07 Å². The zero-order valence-electron chi connectivity index (χ0n) is 12.7. The molecule has 3 rings (SSSR count). The summed E-state index contributed by atoms with van der Waals surface area (Å²) in [7, 11) is 0. The third kappa shape index (κ3) is 3.07. The number of hydrogen-bond acceptors (Lipinski definition) is 4. The molecule has 2 saturated heterocycles. The van der Waals surface area contributed by atoms with Crippen molar-refractivity contribution in [3.63, 3.8) is 0 Å². The van der Waals surface area contributed by atoms with Gasteiger partial charge in [0.05, 0.1) is 23.8 Å². The maximum absolute atomic E-state index is 12.5. The largest absolute Gasteiger partial charge is 0.381 e. The lowest BCUT2D eigenvalue weighted by Crippen LogP contribution is -2.39. The minimum atomic E-state index is 0.0398. The number of para-hydroxylation sites is 1. The summed E-state index contributed by atoms with van der Waals surface area (Å²) in [5.74, 6) is 0.269. The molecule has 0 saturated carbocycles. The molecule has 0 spiro atoms. The molecule has 116 valence electrons. The molecule has 22 heavy (non-hydrogen) atoms. The summed E-state index contributed by atoms with van der Waals surface area (Å²) in [4.78, 5) is 16.7. The van der Waals surface area contributed by atoms with Gasteiger partial charge in [-0.1, -0.05) is 12.1 Å². The minimum Gasteiger partial charge on any atom is -0.381 e. The Kier molecular flexibility index (Phi) is 4.59. The van der Waals surface area contributed by atoms with Gasteiger partial charge in [-0.2, -0.15) is 5.26 Å². The third-order valence-corrected chi connectivity index (χ3v) is 4.45. The van der Waals surface area contributed by atoms with Gasteiger partial charge in [-0.3, -0.25) is 4.79 Å². The van der Waals surface area contributed by atoms with Crippen LogP contribution in [-0.4, -0.2) is 50.2 Å². The fraction of sp³-hybridized carbons (Fsp3) is 0.529. The van der Waals surface area contributed by atoms with Crippen LogP contribution in [0.2, 0.25) is 0 Å². The summed E-state index contributed by atoms with van der Waals surface area (Å²) in [6.07, 6.45) is 1.77. The fourth-order valence-corrected chi connectivity index (χ4v) is 3.21. The first-order chi connectivity index (χ1) is 10.8. The lowest BCUT2D eigenvalue weighted by molar-refractivity contribution is -0.135. The van der Waals surface area contributed by atoms with Gasteiger partial charge in [0.25, 0.3) is 0 Å². The Morgan fingerprint density at radius 2 is 2.09 bits per heavy atom. The van der Waals surface area contributed by atoms with E-state index >= 15 is 0 Å². The molecule has 1 atom stereocenters. The quantitative estimate of drug-likeness (QED) is 0.833. The standard InChI is InChI=1S/C17H21N3O2/c18-12-14-4-1-2-5-16(14)19-7-3-8-20(10-9-19)17(21)15-6-11-22-13-15/h1-2,4-5,15H,3,6-11,13H2/t15-/m1/s1. The van der Waals surface area contributed by atoms with Gasteiger partial charge < -0.3 is 14.5 Å². The summed E-state index contributed by atoms with van der Waals surface area (Å²) >= 11 is 0. The van der Waals surface area contributed by atoms with E-state index in [-0.39, 0.29) is 11.8 Å². The van der Waals surface area contributed by atoms with Crippen molar-refractivity contribution >= 4 is 11.6 Å². The number of nitrogens with zero attached hydrogens (tertiary/aromatic N) is 3. The smallest absolute Gasteiger partial charge is 0.228 e. The third-order valence-electron chi connectivity index (χ3n) is 4.45. The van der Waals surface area contributed by atoms with Crippen LogP contribution >= 0.6 is 0 Å². The molecular weight excluding hydrogens is 278 g/mol. The van der Waals surface area contributed by atoms with Gasteiger partial charge >= 0.3 is 0 Å². The first-order valence-corrected chi connectivity index (χ1v) is 7.90. The number of amides is 1. The molecule has 5 heteroatoms. The first kappa shape index (κ1) is 14.9. The number of benzene rings is 1. The molecule has 0 N–H and O–H groups in total. The molecule has 1 amide bonds. The Hall–Kier alpha value is -2.06. The lowest BCUT2D eigenvalue weighted by Gasteiger charge is -2.25. The predicted octanol–water partition coefficient (Wildman–Crippen LogP) is 1.63. The zero-order chi connectivity index (χ0) is 15.4. The highest BCUT2D eigenvalue weighted by Crippen LogP contribution is 2.22. The Morgan fingerprint density at radius 3 is 2.86 bits per heavy atom. The lowest BCUT2D eigenvalue weighted by atomic mass is 10.1. The Labute approximate surface area is 131 Å². The summed E-state index contributed by atoms with van der Waals surface area (Å²) in [5.41, 5.74) is 1.68. The molecule has 5 nitrogen and oxygen atoms in total. The van der Waals surface area contributed by atoms with Crippen LogP contribution < -0.4 is 4.90 Å². The molecule has 1 aromatic rings. The van der Waals surface area contributed by atoms with Crippen LogP contribution in [0.15, 0.2) is 24.3 Å². The van der Waals surface area contributed by atoms with E-state index in [0.717, 1.165) is 44.7 Å². The van der Waals surface area contributed by atoms with Crippen LogP contribution in [0, 0.1) is 17.2 Å². The Morgan fingerprint density at radius 1 is 1.23 bits per heavy atom. The van der Waals surface area contributed by atoms with Crippen molar-refractivity contribution in [1.82, 2.24) is 4.90 Å². The monoisotopic (exact) mass is 299 g/mol. The number of ether oxygens (including phenoxy) is 1. The van der Waals surface area contributed by atoms with E-state index in [1.807, 2.05) is 29.2 Å². The Balaban J connectivity index is 1.67. The predicted molar refractivity (Wildman–Crippen MR) is 83.5 cm³/mol. The van der Waals surface area contributed by atoms with Crippen LogP contribution in [0.25, 0.3) is 0 Å². The van der Waals surface area contributed by atoms with E-state index in [9.17, 15) is 10.1 Å². The summed E-state index contributed by atoms with van der Waals surface area (Å²) in [6, 6.07) is 9.93. The summed E-state index contributed by atoms with van der Waals surface area (Å²) in [6.45, 7) is 4.43. The van der Waals surface area contributed by atoms with Gasteiger partial charge in [0.2, 0.25) is 5.91 Å². The molecule has 0 unspecified atom stereocenters. The minimum absolute atomic E-state index is 0.0398. The van der Waals surface area contributed by atoms with E-state index in [2.05, 4.69) is 11.0 Å². The molecule has 1 aromatic carbocycles. The van der Waals surface area contributed by atoms with Crippen LogP contribution in [0.1, 0.15) is 18.4 Å². The van der Waals surface area contributed by atoms with Crippen LogP contribution in [0.5, 0.6) is 0 Å². The van der Waals surface area contributed by atoms with Crippen molar-refractivity contribution in [1.29, 1.82) is 5.26 Å². The number of nitriles is 1. The number of anilines is 1. The Bertz CT molecular complexity index is 576. The normalized spacial score (nSPS) is 22.2. The first-order valence-electron chi connectivity index (χ1n) is 7.90. The molecule has 0 aromatic heterocycles. The average molecular weight is 299 g/mol. The number of carbonyl (C=O) groups is 1. The van der Waals surface area contributed by atoms with E-state index in [1.165, 1.54) is 0 Å². The molecule has 2 fully saturated rings. The van der Waals surface area contributed by atoms with Crippen LogP contribution in [-0.2, 0) is 9.53 Å². The second-order valence-electron chi connectivity index (χ2n) is 5.86. The molecule has 2 heterocycles. The van der Waals surface area contributed by atoms with Gasteiger partial charge in [-0.05, 0) is 25.0 Å². The maximum Gasteiger partial charge on any atom is 0.228 e. The molecule has 2 aliphatic rings. The summed E-state index contributed by atoms with van der Waals surface area (Å²) in [5, 5.41) is 9.25. The van der Waals surface area contributed by atoms with Crippen LogP contribution in [0.4, 0.5) is 5.69 Å². The highest BCUT2D eigenvalue weighted by atomic mass is 16.5. The van der Waals surface area contributed by atoms with Gasteiger partial charge in [0, 0.05) is 32.8 Å². The van der Waals surface area contributed by atoms with Crippen molar-refractivity contribution in [3.8, 4) is 6.07 Å². The van der Waals surface area contributed by atoms with Crippen molar-refractivity contribution in [2.45, 2.75) is 12.8 Å². The van der Waals surface area contributed by atoms with E-state index in [1.54, 1.807) is 0 Å². The van der Waals surface area contributed by atoms with Gasteiger partial charge in [0.15, 0.2) is 0 Å². The van der Waals surface area contributed by atoms with Crippen molar-refractivity contribution < 1.29 is 9.53 Å². The number of carbonyl (C=O) groups excluding carboxylic acids is 1. The van der Waals surface area contributed by atoms with Gasteiger partial charge in [-0.25, -0.2) is 0 Å². The van der Waals surface area contributed by atoms with Gasteiger partial charge in [-0.15, -0.1) is 0 Å². The van der Waals surface area contributed by atoms with Crippen molar-refractivity contribution in [2.75, 3.05) is 44.3 Å². The fourth-order valence-electron chi connectivity index (χ4n) is 3.21. The molecule has 2 aliphatic heterocycles. The SMILES string of the molecule is N#Cc1ccccc1N1CCCN(C(=O)[C@@H]2CCOC2)CC1. The van der Waals surface area contributed by atoms with Crippen molar-refractivity contribution in [3.05, 3.63) is 29.8 Å². The molecule has 0 aliphatic carbocycles. The number of hydrogen-bond donors (Lipinski definition) is 0. The molecular formula is C17H21N3O2. The topological polar surface area (TPSA) is 56.6 Å². The van der Waals surface area contributed by atoms with Crippen LogP contribution in [0.3, 0.4) is 0 Å². The van der Waals surface area contributed by atoms with E-state index < -0.39 is 0 Å². The highest BCUT2D eigenvalue weighted by molar-refractivity contribution is 5.79. The number of rotatable bonds is 2. The second kappa shape index (κ2) is 6.80. The van der Waals surface area contributed by atoms with E-state index in [4.69, 9.17) is 4.74 Å². The maximum atomic E-state index is 12.5. The van der Waals surface area contributed by atoms with E-state index in [0.29, 0.717) is 18.8 Å². The van der Waals surface area contributed by atoms with Crippen molar-refractivity contribution in [2.24, 2.45) is 5.92 Å². The second-order valence-corrected chi connectivity index (χ2v) is 5.86. The highest BCUT2D eigenvalue weighted by Gasteiger charge is 2.29. The summed E-state index contributed by atoms with van der Waals surface area (Å²) < 4.78 is 5.33. The molecule has 0 radical (unpaired) electrons.